The van der Waals surface area contributed by atoms with Crippen LogP contribution >= 0.6 is 0 Å². The fraction of sp³-hybridized carbons (Fsp3) is 0.250. The molecule has 18 heavy (non-hydrogen) atoms. The molecule has 0 unspecified atom stereocenters. The molecule has 0 saturated heterocycles. The number of hydrogen-bond donors (Lipinski definition) is 0. The summed E-state index contributed by atoms with van der Waals surface area (Å²) in [6, 6.07) is 19.4. The molecule has 2 rings (SSSR count). The minimum Gasteiger partial charge on any atom is -1.00 e. The van der Waals surface area contributed by atoms with Crippen molar-refractivity contribution < 1.29 is 12.4 Å². The zero-order chi connectivity index (χ0) is 12.3. The monoisotopic (exact) mass is 261 g/mol. The molecule has 0 N–H and O–H groups in total. The second-order valence-electron chi connectivity index (χ2n) is 5.16. The van der Waals surface area contributed by atoms with Crippen molar-refractivity contribution in [2.45, 2.75) is 13.5 Å². The van der Waals surface area contributed by atoms with Gasteiger partial charge in [-0.05, 0) is 19.1 Å². The second-order valence-corrected chi connectivity index (χ2v) is 5.16. The van der Waals surface area contributed by atoms with Crippen LogP contribution in [0.15, 0.2) is 54.6 Å². The van der Waals surface area contributed by atoms with Crippen molar-refractivity contribution in [3.05, 3.63) is 65.7 Å². The molecule has 0 amide bonds. The number of quaternary nitrogens is 1. The van der Waals surface area contributed by atoms with E-state index in [1.165, 1.54) is 16.8 Å². The summed E-state index contributed by atoms with van der Waals surface area (Å²) in [6.07, 6.45) is 0. The van der Waals surface area contributed by atoms with Crippen molar-refractivity contribution in [2.24, 2.45) is 0 Å². The predicted molar refractivity (Wildman–Crippen MR) is 75.0 cm³/mol. The zero-order valence-electron chi connectivity index (χ0n) is 11.2. The van der Waals surface area contributed by atoms with Crippen LogP contribution in [0.4, 0.5) is 5.69 Å². The molecule has 0 aliphatic rings. The Balaban J connectivity index is 0.00000162. The highest BCUT2D eigenvalue weighted by molar-refractivity contribution is 5.43. The van der Waals surface area contributed by atoms with Gasteiger partial charge in [-0.25, -0.2) is 0 Å². The highest BCUT2D eigenvalue weighted by atomic mass is 35.5. The first-order valence-electron chi connectivity index (χ1n) is 6.02. The Morgan fingerprint density at radius 2 is 1.39 bits per heavy atom. The van der Waals surface area contributed by atoms with Crippen LogP contribution in [0, 0.1) is 6.92 Å². The molecular formula is C16H20ClN. The highest BCUT2D eigenvalue weighted by Crippen LogP contribution is 2.22. The maximum absolute atomic E-state index is 2.25. The minimum atomic E-state index is 0. The molecule has 2 aromatic rings. The first-order valence-corrected chi connectivity index (χ1v) is 6.02. The summed E-state index contributed by atoms with van der Waals surface area (Å²) in [4.78, 5) is 0. The fourth-order valence-corrected chi connectivity index (χ4v) is 2.08. The average molecular weight is 262 g/mol. The molecule has 2 aromatic carbocycles. The maximum atomic E-state index is 2.25. The molecule has 2 heteroatoms. The number of rotatable bonds is 3. The van der Waals surface area contributed by atoms with E-state index in [-0.39, 0.29) is 12.4 Å². The maximum Gasteiger partial charge on any atom is 0.132 e. The fourth-order valence-electron chi connectivity index (χ4n) is 2.08. The van der Waals surface area contributed by atoms with Crippen molar-refractivity contribution in [2.75, 3.05) is 14.1 Å². The lowest BCUT2D eigenvalue weighted by Gasteiger charge is -2.29. The smallest absolute Gasteiger partial charge is 0.132 e. The molecule has 0 spiro atoms. The number of benzene rings is 2. The van der Waals surface area contributed by atoms with E-state index in [1.54, 1.807) is 0 Å². The Labute approximate surface area is 116 Å². The molecule has 96 valence electrons. The van der Waals surface area contributed by atoms with Gasteiger partial charge in [-0.1, -0.05) is 48.0 Å². The topological polar surface area (TPSA) is 0 Å². The second kappa shape index (κ2) is 6.03. The third-order valence-corrected chi connectivity index (χ3v) is 3.15. The van der Waals surface area contributed by atoms with Gasteiger partial charge in [-0.3, -0.25) is 4.48 Å². The van der Waals surface area contributed by atoms with Crippen LogP contribution in [0.25, 0.3) is 0 Å². The van der Waals surface area contributed by atoms with Gasteiger partial charge in [0.25, 0.3) is 0 Å². The van der Waals surface area contributed by atoms with Gasteiger partial charge >= 0.3 is 0 Å². The van der Waals surface area contributed by atoms with E-state index in [0.717, 1.165) is 11.0 Å². The summed E-state index contributed by atoms with van der Waals surface area (Å²) in [5.74, 6) is 0. The SMILES string of the molecule is Cc1ccc([N+](C)(C)Cc2ccccc2)cc1.[Cl-]. The van der Waals surface area contributed by atoms with Gasteiger partial charge in [0.1, 0.15) is 12.2 Å². The number of halogens is 1. The summed E-state index contributed by atoms with van der Waals surface area (Å²) in [5, 5.41) is 0. The van der Waals surface area contributed by atoms with E-state index in [9.17, 15) is 0 Å². The van der Waals surface area contributed by atoms with Gasteiger partial charge in [-0.15, -0.1) is 0 Å². The first-order chi connectivity index (χ1) is 8.08. The van der Waals surface area contributed by atoms with Crippen LogP contribution in [0.5, 0.6) is 0 Å². The summed E-state index contributed by atoms with van der Waals surface area (Å²) in [7, 11) is 4.50. The molecule has 0 bridgehead atoms. The van der Waals surface area contributed by atoms with Gasteiger partial charge in [0.15, 0.2) is 0 Å². The molecular weight excluding hydrogens is 242 g/mol. The Bertz CT molecular complexity index is 474. The largest absolute Gasteiger partial charge is 1.00 e. The first kappa shape index (κ1) is 14.7. The Hall–Kier alpha value is -1.31. The quantitative estimate of drug-likeness (QED) is 0.716. The normalized spacial score (nSPS) is 10.8. The van der Waals surface area contributed by atoms with E-state index < -0.39 is 0 Å². The van der Waals surface area contributed by atoms with E-state index in [1.807, 2.05) is 0 Å². The minimum absolute atomic E-state index is 0. The lowest BCUT2D eigenvalue weighted by Crippen LogP contribution is -3.00. The predicted octanol–water partition coefficient (Wildman–Crippen LogP) is 0.766. The standard InChI is InChI=1S/C16H20N.ClH/c1-14-9-11-16(12-10-14)17(2,3)13-15-7-5-4-6-8-15;/h4-12H,13H2,1-3H3;1H/q+1;/p-1. The van der Waals surface area contributed by atoms with Gasteiger partial charge < -0.3 is 12.4 Å². The molecule has 0 fully saturated rings. The van der Waals surface area contributed by atoms with Crippen molar-refractivity contribution in [3.8, 4) is 0 Å². The number of aryl methyl sites for hydroxylation is 1. The van der Waals surface area contributed by atoms with Crippen molar-refractivity contribution in [3.63, 3.8) is 0 Å². The summed E-state index contributed by atoms with van der Waals surface area (Å²) in [5.41, 5.74) is 4.03. The molecule has 0 aliphatic carbocycles. The number of hydrogen-bond acceptors (Lipinski definition) is 0. The van der Waals surface area contributed by atoms with Crippen molar-refractivity contribution in [1.82, 2.24) is 4.48 Å². The van der Waals surface area contributed by atoms with Crippen LogP contribution < -0.4 is 16.9 Å². The zero-order valence-corrected chi connectivity index (χ0v) is 12.0. The van der Waals surface area contributed by atoms with E-state index in [4.69, 9.17) is 0 Å². The lowest BCUT2D eigenvalue weighted by molar-refractivity contribution is -0.00000380. The van der Waals surface area contributed by atoms with Crippen molar-refractivity contribution in [1.29, 1.82) is 0 Å². The molecule has 0 heterocycles. The van der Waals surface area contributed by atoms with Crippen LogP contribution in [0.2, 0.25) is 0 Å². The van der Waals surface area contributed by atoms with Gasteiger partial charge in [-0.2, -0.15) is 0 Å². The molecule has 0 saturated carbocycles. The van der Waals surface area contributed by atoms with Gasteiger partial charge in [0.2, 0.25) is 0 Å². The summed E-state index contributed by atoms with van der Waals surface area (Å²) >= 11 is 0. The highest BCUT2D eigenvalue weighted by Gasteiger charge is 2.18. The Kier molecular flexibility index (Phi) is 4.94. The third-order valence-electron chi connectivity index (χ3n) is 3.15. The average Bonchev–Trinajstić information content (AvgIpc) is 2.30. The third kappa shape index (κ3) is 3.59. The van der Waals surface area contributed by atoms with Crippen molar-refractivity contribution >= 4 is 5.69 Å². The van der Waals surface area contributed by atoms with Crippen LogP contribution in [0.3, 0.4) is 0 Å². The van der Waals surface area contributed by atoms with Gasteiger partial charge in [0, 0.05) is 5.56 Å². The lowest BCUT2D eigenvalue weighted by atomic mass is 10.1. The van der Waals surface area contributed by atoms with Gasteiger partial charge in [0.05, 0.1) is 14.1 Å². The molecule has 0 radical (unpaired) electrons. The molecule has 1 nitrogen and oxygen atoms in total. The van der Waals surface area contributed by atoms with Crippen LogP contribution in [0.1, 0.15) is 11.1 Å². The summed E-state index contributed by atoms with van der Waals surface area (Å²) < 4.78 is 0.879. The molecule has 0 aliphatic heterocycles. The Morgan fingerprint density at radius 1 is 0.833 bits per heavy atom. The summed E-state index contributed by atoms with van der Waals surface area (Å²) in [6.45, 7) is 3.14. The van der Waals surface area contributed by atoms with E-state index >= 15 is 0 Å². The Morgan fingerprint density at radius 3 is 1.94 bits per heavy atom. The number of nitrogens with zero attached hydrogens (tertiary/aromatic N) is 1. The molecule has 0 atom stereocenters. The van der Waals surface area contributed by atoms with E-state index in [2.05, 4.69) is 75.6 Å². The van der Waals surface area contributed by atoms with Crippen LogP contribution in [-0.4, -0.2) is 14.1 Å². The van der Waals surface area contributed by atoms with Crippen LogP contribution in [-0.2, 0) is 6.54 Å². The van der Waals surface area contributed by atoms with E-state index in [0.29, 0.717) is 0 Å². The molecule has 0 aromatic heterocycles.